The molecule has 0 aromatic carbocycles. The SMILES string of the molecule is CCC[C@@H]1CCc2nc(NC(=O)Cn3ccc(=O)[nH]c3=O)sc2C1. The summed E-state index contributed by atoms with van der Waals surface area (Å²) in [5.74, 6) is 0.381. The van der Waals surface area contributed by atoms with E-state index >= 15 is 0 Å². The van der Waals surface area contributed by atoms with Crippen molar-refractivity contribution in [2.45, 2.75) is 45.6 Å². The molecule has 1 amide bonds. The molecule has 8 heteroatoms. The van der Waals surface area contributed by atoms with E-state index in [0.717, 1.165) is 29.5 Å². The summed E-state index contributed by atoms with van der Waals surface area (Å²) in [5, 5.41) is 3.34. The number of hydrogen-bond acceptors (Lipinski definition) is 5. The minimum atomic E-state index is -0.599. The molecule has 3 rings (SSSR count). The molecule has 2 aromatic heterocycles. The van der Waals surface area contributed by atoms with Gasteiger partial charge in [0, 0.05) is 17.1 Å². The number of aryl methyl sites for hydroxylation is 1. The van der Waals surface area contributed by atoms with Gasteiger partial charge in [-0.2, -0.15) is 0 Å². The highest BCUT2D eigenvalue weighted by atomic mass is 32.1. The molecule has 0 unspecified atom stereocenters. The van der Waals surface area contributed by atoms with Crippen LogP contribution in [0.3, 0.4) is 0 Å². The van der Waals surface area contributed by atoms with Crippen LogP contribution < -0.4 is 16.6 Å². The Balaban J connectivity index is 1.65. The molecule has 0 spiro atoms. The summed E-state index contributed by atoms with van der Waals surface area (Å²) in [6.45, 7) is 2.05. The Bertz CT molecular complexity index is 851. The van der Waals surface area contributed by atoms with Gasteiger partial charge < -0.3 is 5.32 Å². The van der Waals surface area contributed by atoms with Gasteiger partial charge in [0.15, 0.2) is 5.13 Å². The summed E-state index contributed by atoms with van der Waals surface area (Å²) < 4.78 is 1.15. The van der Waals surface area contributed by atoms with Crippen molar-refractivity contribution >= 4 is 22.4 Å². The molecule has 0 saturated carbocycles. The average molecular weight is 348 g/mol. The molecule has 7 nitrogen and oxygen atoms in total. The van der Waals surface area contributed by atoms with E-state index in [2.05, 4.69) is 22.2 Å². The van der Waals surface area contributed by atoms with Crippen molar-refractivity contribution in [3.8, 4) is 0 Å². The number of carbonyl (C=O) groups excluding carboxylic acids is 1. The Morgan fingerprint density at radius 2 is 2.33 bits per heavy atom. The van der Waals surface area contributed by atoms with E-state index in [1.165, 1.54) is 41.3 Å². The second-order valence-corrected chi connectivity index (χ2v) is 7.16. The number of nitrogens with zero attached hydrogens (tertiary/aromatic N) is 2. The van der Waals surface area contributed by atoms with E-state index in [0.29, 0.717) is 11.0 Å². The van der Waals surface area contributed by atoms with Gasteiger partial charge >= 0.3 is 5.69 Å². The van der Waals surface area contributed by atoms with Crippen LogP contribution in [0.4, 0.5) is 5.13 Å². The summed E-state index contributed by atoms with van der Waals surface area (Å²) in [6.07, 6.45) is 6.89. The van der Waals surface area contributed by atoms with Gasteiger partial charge in [-0.15, -0.1) is 11.3 Å². The lowest BCUT2D eigenvalue weighted by molar-refractivity contribution is -0.116. The van der Waals surface area contributed by atoms with Crippen molar-refractivity contribution in [1.82, 2.24) is 14.5 Å². The fourth-order valence-electron chi connectivity index (χ4n) is 3.03. The van der Waals surface area contributed by atoms with Crippen molar-refractivity contribution in [1.29, 1.82) is 0 Å². The molecule has 24 heavy (non-hydrogen) atoms. The molecule has 2 heterocycles. The monoisotopic (exact) mass is 348 g/mol. The van der Waals surface area contributed by atoms with Gasteiger partial charge in [0.25, 0.3) is 5.56 Å². The van der Waals surface area contributed by atoms with E-state index < -0.39 is 11.2 Å². The molecule has 0 radical (unpaired) electrons. The first kappa shape index (κ1) is 16.6. The third kappa shape index (κ3) is 3.81. The third-order valence-electron chi connectivity index (χ3n) is 4.20. The van der Waals surface area contributed by atoms with Crippen LogP contribution in [0.15, 0.2) is 21.9 Å². The number of amides is 1. The lowest BCUT2D eigenvalue weighted by Crippen LogP contribution is -2.32. The van der Waals surface area contributed by atoms with Crippen molar-refractivity contribution < 1.29 is 4.79 Å². The second kappa shape index (κ2) is 7.12. The zero-order chi connectivity index (χ0) is 17.1. The molecule has 128 valence electrons. The van der Waals surface area contributed by atoms with E-state index in [9.17, 15) is 14.4 Å². The number of thiazole rings is 1. The maximum atomic E-state index is 12.1. The summed E-state index contributed by atoms with van der Waals surface area (Å²) in [5.41, 5.74) is 0.00763. The van der Waals surface area contributed by atoms with Crippen molar-refractivity contribution in [2.75, 3.05) is 5.32 Å². The Kier molecular flexibility index (Phi) is 4.94. The second-order valence-electron chi connectivity index (χ2n) is 6.07. The van der Waals surface area contributed by atoms with Gasteiger partial charge in [-0.3, -0.25) is 19.1 Å². The molecule has 2 N–H and O–H groups in total. The number of aromatic amines is 1. The van der Waals surface area contributed by atoms with Gasteiger partial charge in [0.1, 0.15) is 6.54 Å². The van der Waals surface area contributed by atoms with E-state index in [-0.39, 0.29) is 12.5 Å². The van der Waals surface area contributed by atoms with Gasteiger partial charge in [0.05, 0.1) is 5.69 Å². The van der Waals surface area contributed by atoms with Gasteiger partial charge in [-0.25, -0.2) is 9.78 Å². The number of nitrogens with one attached hydrogen (secondary N) is 2. The van der Waals surface area contributed by atoms with Crippen LogP contribution in [-0.2, 0) is 24.2 Å². The Morgan fingerprint density at radius 3 is 3.08 bits per heavy atom. The van der Waals surface area contributed by atoms with E-state index in [1.54, 1.807) is 0 Å². The fourth-order valence-corrected chi connectivity index (χ4v) is 4.17. The average Bonchev–Trinajstić information content (AvgIpc) is 2.92. The number of hydrogen-bond donors (Lipinski definition) is 2. The zero-order valence-electron chi connectivity index (χ0n) is 13.5. The highest BCUT2D eigenvalue weighted by Gasteiger charge is 2.22. The van der Waals surface area contributed by atoms with Crippen molar-refractivity contribution in [3.63, 3.8) is 0 Å². The van der Waals surface area contributed by atoms with Crippen LogP contribution >= 0.6 is 11.3 Å². The number of rotatable bonds is 5. The van der Waals surface area contributed by atoms with Gasteiger partial charge in [-0.05, 0) is 25.2 Å². The number of carbonyl (C=O) groups is 1. The molecule has 0 bridgehead atoms. The first-order valence-electron chi connectivity index (χ1n) is 8.13. The van der Waals surface area contributed by atoms with E-state index in [4.69, 9.17) is 0 Å². The van der Waals surface area contributed by atoms with E-state index in [1.807, 2.05) is 0 Å². The summed E-state index contributed by atoms with van der Waals surface area (Å²) >= 11 is 1.52. The molecule has 0 fully saturated rings. The lowest BCUT2D eigenvalue weighted by atomic mass is 9.88. The molecule has 2 aromatic rings. The molecular weight excluding hydrogens is 328 g/mol. The largest absolute Gasteiger partial charge is 0.328 e. The minimum Gasteiger partial charge on any atom is -0.300 e. The standard InChI is InChI=1S/C16H20N4O3S/c1-2-3-10-4-5-11-12(8-10)24-15(17-11)18-14(22)9-20-7-6-13(21)19-16(20)23/h6-7,10H,2-5,8-9H2,1H3,(H,17,18,22)(H,19,21,23)/t10-/m1/s1. The zero-order valence-corrected chi connectivity index (χ0v) is 14.3. The first-order chi connectivity index (χ1) is 11.5. The summed E-state index contributed by atoms with van der Waals surface area (Å²) in [6, 6.07) is 1.21. The van der Waals surface area contributed by atoms with Crippen molar-refractivity contribution in [3.05, 3.63) is 43.7 Å². The number of anilines is 1. The maximum Gasteiger partial charge on any atom is 0.328 e. The molecule has 1 aliphatic rings. The normalized spacial score (nSPS) is 16.6. The first-order valence-corrected chi connectivity index (χ1v) is 8.95. The minimum absolute atomic E-state index is 0.154. The van der Waals surface area contributed by atoms with Crippen LogP contribution in [0.5, 0.6) is 0 Å². The predicted molar refractivity (Wildman–Crippen MR) is 92.5 cm³/mol. The third-order valence-corrected chi connectivity index (χ3v) is 5.23. The Hall–Kier alpha value is -2.22. The molecular formula is C16H20N4O3S. The van der Waals surface area contributed by atoms with Gasteiger partial charge in [0.2, 0.25) is 5.91 Å². The quantitative estimate of drug-likeness (QED) is 0.856. The van der Waals surface area contributed by atoms with Crippen LogP contribution in [0.2, 0.25) is 0 Å². The van der Waals surface area contributed by atoms with Crippen LogP contribution in [0.1, 0.15) is 36.8 Å². The topological polar surface area (TPSA) is 96.8 Å². The van der Waals surface area contributed by atoms with Crippen molar-refractivity contribution in [2.24, 2.45) is 5.92 Å². The van der Waals surface area contributed by atoms with Crippen LogP contribution in [-0.4, -0.2) is 20.4 Å². The van der Waals surface area contributed by atoms with Crippen LogP contribution in [0, 0.1) is 5.92 Å². The Morgan fingerprint density at radius 1 is 1.50 bits per heavy atom. The smallest absolute Gasteiger partial charge is 0.300 e. The number of H-pyrrole nitrogens is 1. The predicted octanol–water partition coefficient (Wildman–Crippen LogP) is 1.54. The lowest BCUT2D eigenvalue weighted by Gasteiger charge is -2.19. The highest BCUT2D eigenvalue weighted by molar-refractivity contribution is 7.15. The van der Waals surface area contributed by atoms with Gasteiger partial charge in [-0.1, -0.05) is 19.8 Å². The highest BCUT2D eigenvalue weighted by Crippen LogP contribution is 2.33. The summed E-state index contributed by atoms with van der Waals surface area (Å²) in [4.78, 5) is 42.6. The number of fused-ring (bicyclic) bond motifs is 1. The summed E-state index contributed by atoms with van der Waals surface area (Å²) in [7, 11) is 0. The fraction of sp³-hybridized carbons (Fsp3) is 0.500. The Labute approximate surface area is 142 Å². The molecule has 0 aliphatic heterocycles. The molecule has 1 aliphatic carbocycles. The van der Waals surface area contributed by atoms with Crippen LogP contribution in [0.25, 0.3) is 0 Å². The number of aromatic nitrogens is 3. The molecule has 1 atom stereocenters. The maximum absolute atomic E-state index is 12.1. The molecule has 0 saturated heterocycles.